The number of carbonyl (C=O) groups is 2. The molecular formula is C25H29N5O5. The fourth-order valence-electron chi connectivity index (χ4n) is 4.50. The Bertz CT molecular complexity index is 1130. The van der Waals surface area contributed by atoms with Crippen molar-refractivity contribution < 1.29 is 23.8 Å². The number of methoxy groups -OCH3 is 1. The Morgan fingerprint density at radius 3 is 2.94 bits per heavy atom. The zero-order chi connectivity index (χ0) is 24.2. The van der Waals surface area contributed by atoms with Crippen molar-refractivity contribution in [3.05, 3.63) is 59.6 Å². The number of fused-ring (bicyclic) bond motifs is 1. The van der Waals surface area contributed by atoms with Crippen LogP contribution in [0.3, 0.4) is 0 Å². The van der Waals surface area contributed by atoms with Crippen LogP contribution < -0.4 is 20.3 Å². The first-order valence-corrected chi connectivity index (χ1v) is 11.8. The minimum Gasteiger partial charge on any atom is -0.491 e. The molecule has 1 saturated heterocycles. The second-order valence-corrected chi connectivity index (χ2v) is 8.55. The van der Waals surface area contributed by atoms with E-state index in [2.05, 4.69) is 20.5 Å². The highest BCUT2D eigenvalue weighted by molar-refractivity contribution is 6.04. The highest BCUT2D eigenvalue weighted by Gasteiger charge is 2.37. The monoisotopic (exact) mass is 479 g/mol. The Labute approximate surface area is 203 Å². The van der Waals surface area contributed by atoms with E-state index in [4.69, 9.17) is 14.2 Å². The van der Waals surface area contributed by atoms with Gasteiger partial charge in [-0.15, -0.1) is 0 Å². The van der Waals surface area contributed by atoms with Crippen LogP contribution in [-0.2, 0) is 20.8 Å². The molecule has 0 aliphatic carbocycles. The van der Waals surface area contributed by atoms with Gasteiger partial charge in [0, 0.05) is 51.5 Å². The second-order valence-electron chi connectivity index (χ2n) is 8.55. The predicted molar refractivity (Wildman–Crippen MR) is 129 cm³/mol. The molecule has 4 heterocycles. The van der Waals surface area contributed by atoms with Crippen LogP contribution in [0.1, 0.15) is 22.3 Å². The summed E-state index contributed by atoms with van der Waals surface area (Å²) in [5, 5.41) is 6.26. The zero-order valence-corrected chi connectivity index (χ0v) is 19.7. The third-order valence-electron chi connectivity index (χ3n) is 6.31. The van der Waals surface area contributed by atoms with Gasteiger partial charge >= 0.3 is 0 Å². The lowest BCUT2D eigenvalue weighted by atomic mass is 10.1. The van der Waals surface area contributed by atoms with Gasteiger partial charge in [0.15, 0.2) is 12.0 Å². The maximum Gasteiger partial charge on any atom is 0.290 e. The van der Waals surface area contributed by atoms with E-state index in [9.17, 15) is 9.59 Å². The fourth-order valence-corrected chi connectivity index (χ4v) is 4.50. The number of amides is 2. The Morgan fingerprint density at radius 2 is 2.11 bits per heavy atom. The molecule has 2 N–H and O–H groups in total. The number of benzene rings is 1. The summed E-state index contributed by atoms with van der Waals surface area (Å²) in [6, 6.07) is 7.40. The van der Waals surface area contributed by atoms with Gasteiger partial charge in [-0.05, 0) is 29.8 Å². The Morgan fingerprint density at radius 1 is 1.26 bits per heavy atom. The summed E-state index contributed by atoms with van der Waals surface area (Å²) in [4.78, 5) is 34.1. The van der Waals surface area contributed by atoms with Crippen molar-refractivity contribution in [2.45, 2.75) is 19.2 Å². The molecule has 10 heteroatoms. The van der Waals surface area contributed by atoms with E-state index < -0.39 is 6.23 Å². The van der Waals surface area contributed by atoms with Crippen molar-refractivity contribution in [2.24, 2.45) is 0 Å². The van der Waals surface area contributed by atoms with Gasteiger partial charge in [0.05, 0.1) is 30.7 Å². The van der Waals surface area contributed by atoms with Gasteiger partial charge in [-0.2, -0.15) is 0 Å². The summed E-state index contributed by atoms with van der Waals surface area (Å²) >= 11 is 0. The van der Waals surface area contributed by atoms with Crippen LogP contribution in [0.4, 0.5) is 11.4 Å². The first-order chi connectivity index (χ1) is 17.1. The van der Waals surface area contributed by atoms with E-state index in [1.165, 1.54) is 0 Å². The minimum atomic E-state index is -0.532. The molecule has 184 valence electrons. The van der Waals surface area contributed by atoms with Gasteiger partial charge in [0.2, 0.25) is 0 Å². The molecule has 1 fully saturated rings. The Kier molecular flexibility index (Phi) is 6.82. The first-order valence-electron chi connectivity index (χ1n) is 11.8. The molecule has 1 unspecified atom stereocenters. The summed E-state index contributed by atoms with van der Waals surface area (Å²) < 4.78 is 16.6. The molecule has 10 nitrogen and oxygen atoms in total. The number of pyridine rings is 1. The molecule has 35 heavy (non-hydrogen) atoms. The molecule has 5 rings (SSSR count). The summed E-state index contributed by atoms with van der Waals surface area (Å²) in [7, 11) is 1.61. The van der Waals surface area contributed by atoms with Crippen LogP contribution >= 0.6 is 0 Å². The molecular weight excluding hydrogens is 450 g/mol. The van der Waals surface area contributed by atoms with E-state index in [-0.39, 0.29) is 17.6 Å². The Hall–Kier alpha value is -3.63. The summed E-state index contributed by atoms with van der Waals surface area (Å²) in [5.74, 6) is 0.344. The number of anilines is 2. The van der Waals surface area contributed by atoms with Gasteiger partial charge in [-0.3, -0.25) is 19.5 Å². The number of ether oxygens (including phenoxy) is 3. The van der Waals surface area contributed by atoms with Crippen molar-refractivity contribution in [2.75, 3.05) is 56.7 Å². The lowest BCUT2D eigenvalue weighted by Gasteiger charge is -2.30. The van der Waals surface area contributed by atoms with Crippen LogP contribution in [0.25, 0.3) is 0 Å². The van der Waals surface area contributed by atoms with Gasteiger partial charge in [0.1, 0.15) is 12.4 Å². The molecule has 1 aromatic heterocycles. The SMILES string of the molecule is COCCOc1ccc2c(c1)C(=O)N(C1CC=C(C(=O)Nc3cnccc3N3CCNCC3)O1)C2. The summed E-state index contributed by atoms with van der Waals surface area (Å²) in [6.07, 6.45) is 5.01. The van der Waals surface area contributed by atoms with E-state index in [1.54, 1.807) is 36.5 Å². The molecule has 0 spiro atoms. The standard InChI is InChI=1S/C25H29N5O5/c1-33-12-13-34-18-3-2-17-16-30(25(32)19(17)14-18)23-5-4-22(35-23)24(31)28-20-15-27-7-6-21(20)29-10-8-26-9-11-29/h2-4,6-7,14-15,23,26H,5,8-13,16H2,1H3,(H,28,31). The van der Waals surface area contributed by atoms with E-state index in [1.807, 2.05) is 18.2 Å². The van der Waals surface area contributed by atoms with Crippen molar-refractivity contribution in [1.29, 1.82) is 0 Å². The third kappa shape index (κ3) is 4.94. The van der Waals surface area contributed by atoms with Crippen molar-refractivity contribution in [3.8, 4) is 5.75 Å². The smallest absolute Gasteiger partial charge is 0.290 e. The third-order valence-corrected chi connectivity index (χ3v) is 6.31. The average molecular weight is 480 g/mol. The number of piperazine rings is 1. The van der Waals surface area contributed by atoms with Gasteiger partial charge in [-0.25, -0.2) is 0 Å². The maximum absolute atomic E-state index is 13.1. The minimum absolute atomic E-state index is 0.134. The summed E-state index contributed by atoms with van der Waals surface area (Å²) in [6.45, 7) is 4.79. The number of hydrogen-bond acceptors (Lipinski definition) is 8. The van der Waals surface area contributed by atoms with Crippen molar-refractivity contribution in [1.82, 2.24) is 15.2 Å². The van der Waals surface area contributed by atoms with Gasteiger partial charge < -0.3 is 29.7 Å². The van der Waals surface area contributed by atoms with E-state index in [0.717, 1.165) is 37.4 Å². The van der Waals surface area contributed by atoms with Gasteiger partial charge in [0.25, 0.3) is 11.8 Å². The fraction of sp³-hybridized carbons (Fsp3) is 0.400. The van der Waals surface area contributed by atoms with E-state index in [0.29, 0.717) is 43.2 Å². The molecule has 2 aromatic rings. The predicted octanol–water partition coefficient (Wildman–Crippen LogP) is 1.74. The molecule has 1 aromatic carbocycles. The quantitative estimate of drug-likeness (QED) is 0.552. The molecule has 3 aliphatic heterocycles. The first kappa shape index (κ1) is 23.1. The topological polar surface area (TPSA) is 105 Å². The highest BCUT2D eigenvalue weighted by atomic mass is 16.5. The normalized spacial score (nSPS) is 19.3. The zero-order valence-electron chi connectivity index (χ0n) is 19.7. The number of rotatable bonds is 8. The van der Waals surface area contributed by atoms with E-state index >= 15 is 0 Å². The maximum atomic E-state index is 13.1. The second kappa shape index (κ2) is 10.3. The molecule has 1 atom stereocenters. The molecule has 2 amide bonds. The number of hydrogen-bond donors (Lipinski definition) is 2. The van der Waals surface area contributed by atoms with Crippen LogP contribution in [0.2, 0.25) is 0 Å². The molecule has 0 bridgehead atoms. The van der Waals surface area contributed by atoms with Crippen LogP contribution in [0.5, 0.6) is 5.75 Å². The van der Waals surface area contributed by atoms with Gasteiger partial charge in [-0.1, -0.05) is 6.07 Å². The van der Waals surface area contributed by atoms with Crippen LogP contribution in [0, 0.1) is 0 Å². The average Bonchev–Trinajstić information content (AvgIpc) is 3.50. The number of aromatic nitrogens is 1. The summed E-state index contributed by atoms with van der Waals surface area (Å²) in [5.41, 5.74) is 3.07. The number of nitrogens with one attached hydrogen (secondary N) is 2. The molecule has 0 radical (unpaired) electrons. The number of carbonyl (C=O) groups excluding carboxylic acids is 2. The number of nitrogens with zero attached hydrogens (tertiary/aromatic N) is 3. The van der Waals surface area contributed by atoms with Crippen LogP contribution in [0.15, 0.2) is 48.5 Å². The lowest BCUT2D eigenvalue weighted by molar-refractivity contribution is -0.117. The molecule has 3 aliphatic rings. The highest BCUT2D eigenvalue weighted by Crippen LogP contribution is 2.33. The van der Waals surface area contributed by atoms with Crippen LogP contribution in [-0.4, -0.2) is 74.4 Å². The Balaban J connectivity index is 1.21. The lowest BCUT2D eigenvalue weighted by Crippen LogP contribution is -2.43. The largest absolute Gasteiger partial charge is 0.491 e. The van der Waals surface area contributed by atoms with Crippen molar-refractivity contribution >= 4 is 23.2 Å². The van der Waals surface area contributed by atoms with Crippen molar-refractivity contribution in [3.63, 3.8) is 0 Å². The molecule has 0 saturated carbocycles.